The standard InChI is InChI=1S/C24H25NO3S/c26-23(25-24(22-7-4-16-29-22)20-12-14-27-15-13-20)17-28-21-10-8-19(9-11-21)18-5-2-1-3-6-18/h1-11,16,20,24H,12-15,17H2,(H,25,26). The summed E-state index contributed by atoms with van der Waals surface area (Å²) in [6, 6.07) is 22.2. The number of carbonyl (C=O) groups is 1. The fourth-order valence-corrected chi connectivity index (χ4v) is 4.55. The Morgan fingerprint density at radius 2 is 1.72 bits per heavy atom. The van der Waals surface area contributed by atoms with E-state index in [0.717, 1.165) is 37.2 Å². The Hall–Kier alpha value is -2.63. The molecular formula is C24H25NO3S. The average molecular weight is 408 g/mol. The molecule has 0 aliphatic carbocycles. The summed E-state index contributed by atoms with van der Waals surface area (Å²) in [5.74, 6) is 0.997. The van der Waals surface area contributed by atoms with Gasteiger partial charge in [0.1, 0.15) is 5.75 Å². The summed E-state index contributed by atoms with van der Waals surface area (Å²) >= 11 is 1.68. The van der Waals surface area contributed by atoms with Gasteiger partial charge < -0.3 is 14.8 Å². The number of hydrogen-bond donors (Lipinski definition) is 1. The Morgan fingerprint density at radius 3 is 2.41 bits per heavy atom. The van der Waals surface area contributed by atoms with Gasteiger partial charge in [0.2, 0.25) is 0 Å². The normalized spacial score (nSPS) is 15.6. The minimum Gasteiger partial charge on any atom is -0.484 e. The maximum Gasteiger partial charge on any atom is 0.258 e. The molecule has 1 amide bonds. The molecule has 150 valence electrons. The van der Waals surface area contributed by atoms with Gasteiger partial charge in [-0.15, -0.1) is 11.3 Å². The predicted octanol–water partition coefficient (Wildman–Crippen LogP) is 5.08. The van der Waals surface area contributed by atoms with Crippen molar-refractivity contribution < 1.29 is 14.3 Å². The maximum absolute atomic E-state index is 12.6. The van der Waals surface area contributed by atoms with Crippen LogP contribution in [0.2, 0.25) is 0 Å². The lowest BCUT2D eigenvalue weighted by molar-refractivity contribution is -0.124. The number of amides is 1. The fourth-order valence-electron chi connectivity index (χ4n) is 3.68. The molecule has 1 aliphatic heterocycles. The molecule has 3 aromatic rings. The van der Waals surface area contributed by atoms with Crippen LogP contribution in [0.15, 0.2) is 72.1 Å². The van der Waals surface area contributed by atoms with Crippen molar-refractivity contribution in [3.05, 3.63) is 77.0 Å². The molecule has 0 radical (unpaired) electrons. The molecule has 1 unspecified atom stereocenters. The van der Waals surface area contributed by atoms with Crippen molar-refractivity contribution in [3.8, 4) is 16.9 Å². The molecule has 4 nitrogen and oxygen atoms in total. The second-order valence-electron chi connectivity index (χ2n) is 7.19. The summed E-state index contributed by atoms with van der Waals surface area (Å²) in [5, 5.41) is 5.24. The minimum absolute atomic E-state index is 0.00970. The number of ether oxygens (including phenoxy) is 2. The summed E-state index contributed by atoms with van der Waals surface area (Å²) in [5.41, 5.74) is 2.28. The van der Waals surface area contributed by atoms with Crippen molar-refractivity contribution in [1.82, 2.24) is 5.32 Å². The first-order chi connectivity index (χ1) is 14.3. The number of thiophene rings is 1. The molecule has 0 spiro atoms. The molecule has 4 rings (SSSR count). The quantitative estimate of drug-likeness (QED) is 0.594. The lowest BCUT2D eigenvalue weighted by atomic mass is 9.90. The van der Waals surface area contributed by atoms with Crippen LogP contribution in [-0.4, -0.2) is 25.7 Å². The van der Waals surface area contributed by atoms with Gasteiger partial charge in [-0.25, -0.2) is 0 Å². The van der Waals surface area contributed by atoms with Crippen molar-refractivity contribution in [2.24, 2.45) is 5.92 Å². The van der Waals surface area contributed by atoms with Gasteiger partial charge in [-0.05, 0) is 53.5 Å². The van der Waals surface area contributed by atoms with Gasteiger partial charge in [-0.2, -0.15) is 0 Å². The molecule has 1 fully saturated rings. The molecule has 2 heterocycles. The molecule has 1 N–H and O–H groups in total. The van der Waals surface area contributed by atoms with E-state index in [4.69, 9.17) is 9.47 Å². The second-order valence-corrected chi connectivity index (χ2v) is 8.17. The third-order valence-electron chi connectivity index (χ3n) is 5.23. The number of rotatable bonds is 7. The van der Waals surface area contributed by atoms with E-state index in [0.29, 0.717) is 11.7 Å². The van der Waals surface area contributed by atoms with Crippen molar-refractivity contribution in [2.75, 3.05) is 19.8 Å². The highest BCUT2D eigenvalue weighted by atomic mass is 32.1. The first-order valence-corrected chi connectivity index (χ1v) is 10.9. The van der Waals surface area contributed by atoms with Gasteiger partial charge >= 0.3 is 0 Å². The van der Waals surface area contributed by atoms with Gasteiger partial charge in [0.25, 0.3) is 5.91 Å². The first-order valence-electron chi connectivity index (χ1n) is 9.98. The molecular weight excluding hydrogens is 382 g/mol. The topological polar surface area (TPSA) is 47.6 Å². The van der Waals surface area contributed by atoms with Gasteiger partial charge in [-0.3, -0.25) is 4.79 Å². The van der Waals surface area contributed by atoms with Crippen LogP contribution in [0.4, 0.5) is 0 Å². The van der Waals surface area contributed by atoms with Crippen LogP contribution < -0.4 is 10.1 Å². The minimum atomic E-state index is -0.0953. The molecule has 2 aromatic carbocycles. The Morgan fingerprint density at radius 1 is 1.00 bits per heavy atom. The molecule has 5 heteroatoms. The third-order valence-corrected chi connectivity index (χ3v) is 6.19. The van der Waals surface area contributed by atoms with Crippen LogP contribution in [0.5, 0.6) is 5.75 Å². The van der Waals surface area contributed by atoms with E-state index < -0.39 is 0 Å². The molecule has 1 aliphatic rings. The predicted molar refractivity (Wildman–Crippen MR) is 116 cm³/mol. The number of carbonyl (C=O) groups excluding carboxylic acids is 1. The highest BCUT2D eigenvalue weighted by molar-refractivity contribution is 7.10. The Bertz CT molecular complexity index is 888. The van der Waals surface area contributed by atoms with Crippen molar-refractivity contribution in [2.45, 2.75) is 18.9 Å². The third kappa shape index (κ3) is 5.25. The van der Waals surface area contributed by atoms with E-state index in [1.54, 1.807) is 11.3 Å². The Labute approximate surface area is 175 Å². The summed E-state index contributed by atoms with van der Waals surface area (Å²) in [6.07, 6.45) is 1.93. The van der Waals surface area contributed by atoms with Gasteiger partial charge in [0.05, 0.1) is 6.04 Å². The van der Waals surface area contributed by atoms with Gasteiger partial charge in [-0.1, -0.05) is 48.5 Å². The van der Waals surface area contributed by atoms with Crippen LogP contribution in [0, 0.1) is 5.92 Å². The number of nitrogens with one attached hydrogen (secondary N) is 1. The smallest absolute Gasteiger partial charge is 0.258 e. The van der Waals surface area contributed by atoms with Crippen LogP contribution in [0.3, 0.4) is 0 Å². The van der Waals surface area contributed by atoms with Crippen LogP contribution in [0.25, 0.3) is 11.1 Å². The summed E-state index contributed by atoms with van der Waals surface area (Å²) < 4.78 is 11.2. The monoisotopic (exact) mass is 407 g/mol. The number of benzene rings is 2. The Balaban J connectivity index is 1.34. The van der Waals surface area contributed by atoms with Crippen LogP contribution >= 0.6 is 11.3 Å². The van der Waals surface area contributed by atoms with E-state index in [-0.39, 0.29) is 18.6 Å². The van der Waals surface area contributed by atoms with Gasteiger partial charge in [0.15, 0.2) is 6.61 Å². The van der Waals surface area contributed by atoms with Crippen LogP contribution in [-0.2, 0) is 9.53 Å². The summed E-state index contributed by atoms with van der Waals surface area (Å²) in [4.78, 5) is 13.8. The van der Waals surface area contributed by atoms with E-state index in [9.17, 15) is 4.79 Å². The zero-order chi connectivity index (χ0) is 19.9. The molecule has 1 atom stereocenters. The zero-order valence-corrected chi connectivity index (χ0v) is 17.1. The largest absolute Gasteiger partial charge is 0.484 e. The van der Waals surface area contributed by atoms with E-state index >= 15 is 0 Å². The zero-order valence-electron chi connectivity index (χ0n) is 16.3. The van der Waals surface area contributed by atoms with Crippen molar-refractivity contribution in [3.63, 3.8) is 0 Å². The number of hydrogen-bond acceptors (Lipinski definition) is 4. The molecule has 1 saturated heterocycles. The molecule has 1 aromatic heterocycles. The maximum atomic E-state index is 12.6. The van der Waals surface area contributed by atoms with E-state index in [1.165, 1.54) is 4.88 Å². The summed E-state index contributed by atoms with van der Waals surface area (Å²) in [6.45, 7) is 1.52. The van der Waals surface area contributed by atoms with E-state index in [2.05, 4.69) is 28.9 Å². The lowest BCUT2D eigenvalue weighted by Crippen LogP contribution is -2.38. The molecule has 0 saturated carbocycles. The highest BCUT2D eigenvalue weighted by Gasteiger charge is 2.27. The van der Waals surface area contributed by atoms with Crippen LogP contribution in [0.1, 0.15) is 23.8 Å². The second kappa shape index (κ2) is 9.72. The summed E-state index contributed by atoms with van der Waals surface area (Å²) in [7, 11) is 0. The lowest BCUT2D eigenvalue weighted by Gasteiger charge is -2.30. The van der Waals surface area contributed by atoms with Gasteiger partial charge in [0, 0.05) is 18.1 Å². The molecule has 29 heavy (non-hydrogen) atoms. The van der Waals surface area contributed by atoms with Crippen molar-refractivity contribution in [1.29, 1.82) is 0 Å². The Kier molecular flexibility index (Phi) is 6.60. The fraction of sp³-hybridized carbons (Fsp3) is 0.292. The highest BCUT2D eigenvalue weighted by Crippen LogP contribution is 2.32. The molecule has 0 bridgehead atoms. The van der Waals surface area contributed by atoms with E-state index in [1.807, 2.05) is 48.5 Å². The first kappa shape index (κ1) is 19.7. The van der Waals surface area contributed by atoms with Crippen molar-refractivity contribution >= 4 is 17.2 Å². The average Bonchev–Trinajstić information content (AvgIpc) is 3.32. The SMILES string of the molecule is O=C(COc1ccc(-c2ccccc2)cc1)NC(c1cccs1)C1CCOCC1.